The van der Waals surface area contributed by atoms with Crippen LogP contribution in [0.15, 0.2) is 30.3 Å². The van der Waals surface area contributed by atoms with E-state index in [1.54, 1.807) is 0 Å². The summed E-state index contributed by atoms with van der Waals surface area (Å²) in [6, 6.07) is 10.1. The van der Waals surface area contributed by atoms with E-state index in [0.29, 0.717) is 0 Å². The fourth-order valence-corrected chi connectivity index (χ4v) is 2.55. The van der Waals surface area contributed by atoms with Crippen LogP contribution in [0.4, 0.5) is 0 Å². The van der Waals surface area contributed by atoms with E-state index in [-0.39, 0.29) is 0 Å². The number of para-hydroxylation sites is 1. The Labute approximate surface area is 127 Å². The molecule has 0 atom stereocenters. The summed E-state index contributed by atoms with van der Waals surface area (Å²) in [5.41, 5.74) is 1.04. The molecule has 2 rings (SSSR count). The Balaban J connectivity index is 1.69. The van der Waals surface area contributed by atoms with Crippen molar-refractivity contribution in [1.82, 2.24) is 20.2 Å². The number of hydrogen-bond acceptors (Lipinski definition) is 3. The maximum atomic E-state index is 4.15. The first-order chi connectivity index (χ1) is 10.4. The fourth-order valence-electron chi connectivity index (χ4n) is 2.55. The molecule has 0 spiro atoms. The summed E-state index contributed by atoms with van der Waals surface area (Å²) in [6.07, 6.45) is 11.6. The third-order valence-electron chi connectivity index (χ3n) is 3.79. The summed E-state index contributed by atoms with van der Waals surface area (Å²) in [5.74, 6) is 0.965. The summed E-state index contributed by atoms with van der Waals surface area (Å²) in [6.45, 7) is 2.26. The van der Waals surface area contributed by atoms with Crippen LogP contribution in [-0.2, 0) is 6.42 Å². The number of benzene rings is 1. The van der Waals surface area contributed by atoms with E-state index in [2.05, 4.69) is 22.4 Å². The average molecular weight is 286 g/mol. The molecule has 0 radical (unpaired) electrons. The number of hydrogen-bond donors (Lipinski definition) is 0. The van der Waals surface area contributed by atoms with Gasteiger partial charge in [-0.1, -0.05) is 70.1 Å². The lowest BCUT2D eigenvalue weighted by Gasteiger charge is -2.04. The normalized spacial score (nSPS) is 10.9. The topological polar surface area (TPSA) is 43.6 Å². The van der Waals surface area contributed by atoms with Crippen molar-refractivity contribution >= 4 is 0 Å². The Kier molecular flexibility index (Phi) is 6.92. The number of nitrogens with zero attached hydrogens (tertiary/aromatic N) is 4. The molecule has 114 valence electrons. The third-order valence-corrected chi connectivity index (χ3v) is 3.79. The Hall–Kier alpha value is -1.71. The lowest BCUT2D eigenvalue weighted by Crippen LogP contribution is -2.03. The molecule has 0 unspecified atom stereocenters. The smallest absolute Gasteiger partial charge is 0.156 e. The van der Waals surface area contributed by atoms with Crippen LogP contribution in [0.1, 0.15) is 64.1 Å². The molecule has 0 fully saturated rings. The van der Waals surface area contributed by atoms with Gasteiger partial charge < -0.3 is 0 Å². The van der Waals surface area contributed by atoms with Gasteiger partial charge in [0.05, 0.1) is 5.69 Å². The number of tetrazole rings is 1. The first kappa shape index (κ1) is 15.7. The molecule has 0 saturated carbocycles. The van der Waals surface area contributed by atoms with Gasteiger partial charge in [0.2, 0.25) is 0 Å². The predicted molar refractivity (Wildman–Crippen MR) is 85.5 cm³/mol. The molecule has 0 N–H and O–H groups in total. The Morgan fingerprint density at radius 3 is 2.24 bits per heavy atom. The summed E-state index contributed by atoms with van der Waals surface area (Å²) in [5, 5.41) is 12.1. The molecule has 1 heterocycles. The molecule has 1 aromatic carbocycles. The fraction of sp³-hybridized carbons (Fsp3) is 0.588. The van der Waals surface area contributed by atoms with Gasteiger partial charge in [0, 0.05) is 6.42 Å². The Bertz CT molecular complexity index is 493. The molecular formula is C17H26N4. The lowest BCUT2D eigenvalue weighted by atomic mass is 10.1. The van der Waals surface area contributed by atoms with Gasteiger partial charge in [0.1, 0.15) is 0 Å². The number of unbranched alkanes of at least 4 members (excludes halogenated alkanes) is 7. The molecular weight excluding hydrogens is 260 g/mol. The zero-order valence-electron chi connectivity index (χ0n) is 13.0. The van der Waals surface area contributed by atoms with Gasteiger partial charge in [-0.05, 0) is 29.0 Å². The van der Waals surface area contributed by atoms with Crippen LogP contribution in [0.2, 0.25) is 0 Å². The van der Waals surface area contributed by atoms with Crippen LogP contribution < -0.4 is 0 Å². The first-order valence-electron chi connectivity index (χ1n) is 8.24. The van der Waals surface area contributed by atoms with Gasteiger partial charge in [0.15, 0.2) is 5.82 Å². The van der Waals surface area contributed by atoms with Gasteiger partial charge in [-0.3, -0.25) is 0 Å². The van der Waals surface area contributed by atoms with Crippen LogP contribution in [0.5, 0.6) is 0 Å². The van der Waals surface area contributed by atoms with E-state index in [1.165, 1.54) is 51.4 Å². The van der Waals surface area contributed by atoms with Crippen molar-refractivity contribution in [2.24, 2.45) is 0 Å². The van der Waals surface area contributed by atoms with Crippen LogP contribution in [0, 0.1) is 0 Å². The maximum absolute atomic E-state index is 4.15. The zero-order chi connectivity index (χ0) is 14.8. The quantitative estimate of drug-likeness (QED) is 0.610. The van der Waals surface area contributed by atoms with Crippen molar-refractivity contribution in [3.63, 3.8) is 0 Å². The van der Waals surface area contributed by atoms with Gasteiger partial charge in [-0.25, -0.2) is 0 Å². The second-order valence-electron chi connectivity index (χ2n) is 5.57. The second kappa shape index (κ2) is 9.27. The van der Waals surface area contributed by atoms with Crippen LogP contribution >= 0.6 is 0 Å². The molecule has 0 aliphatic rings. The molecule has 0 amide bonds. The highest BCUT2D eigenvalue weighted by Crippen LogP contribution is 2.12. The summed E-state index contributed by atoms with van der Waals surface area (Å²) in [7, 11) is 0. The van der Waals surface area contributed by atoms with Crippen LogP contribution in [-0.4, -0.2) is 20.2 Å². The lowest BCUT2D eigenvalue weighted by molar-refractivity contribution is 0.569. The SMILES string of the molecule is CCCCCCCCCCc1nnnn1-c1ccccc1. The first-order valence-corrected chi connectivity index (χ1v) is 8.24. The number of rotatable bonds is 10. The van der Waals surface area contributed by atoms with Gasteiger partial charge in [-0.15, -0.1) is 5.10 Å². The van der Waals surface area contributed by atoms with Crippen molar-refractivity contribution in [2.75, 3.05) is 0 Å². The highest BCUT2D eigenvalue weighted by atomic mass is 15.5. The molecule has 0 bridgehead atoms. The summed E-state index contributed by atoms with van der Waals surface area (Å²) >= 11 is 0. The van der Waals surface area contributed by atoms with E-state index in [1.807, 2.05) is 35.0 Å². The molecule has 0 saturated heterocycles. The molecule has 21 heavy (non-hydrogen) atoms. The van der Waals surface area contributed by atoms with Gasteiger partial charge in [0.25, 0.3) is 0 Å². The minimum Gasteiger partial charge on any atom is -0.197 e. The minimum atomic E-state index is 0.955. The van der Waals surface area contributed by atoms with E-state index in [0.717, 1.165) is 17.9 Å². The van der Waals surface area contributed by atoms with Crippen LogP contribution in [0.25, 0.3) is 5.69 Å². The van der Waals surface area contributed by atoms with E-state index in [4.69, 9.17) is 0 Å². The highest BCUT2D eigenvalue weighted by Gasteiger charge is 2.07. The number of aromatic nitrogens is 4. The molecule has 4 heteroatoms. The standard InChI is InChI=1S/C17H26N4/c1-2-3-4-5-6-7-8-12-15-17-18-19-20-21(17)16-13-10-9-11-14-16/h9-11,13-14H,2-8,12,15H2,1H3. The van der Waals surface area contributed by atoms with Gasteiger partial charge >= 0.3 is 0 Å². The molecule has 1 aromatic heterocycles. The van der Waals surface area contributed by atoms with Crippen molar-refractivity contribution < 1.29 is 0 Å². The second-order valence-corrected chi connectivity index (χ2v) is 5.57. The predicted octanol–water partition coefficient (Wildman–Crippen LogP) is 4.35. The largest absolute Gasteiger partial charge is 0.197 e. The summed E-state index contributed by atoms with van der Waals surface area (Å²) < 4.78 is 1.85. The van der Waals surface area contributed by atoms with E-state index in [9.17, 15) is 0 Å². The van der Waals surface area contributed by atoms with Crippen LogP contribution in [0.3, 0.4) is 0 Å². The molecule has 0 aliphatic heterocycles. The number of aryl methyl sites for hydroxylation is 1. The summed E-state index contributed by atoms with van der Waals surface area (Å²) in [4.78, 5) is 0. The van der Waals surface area contributed by atoms with Crippen molar-refractivity contribution in [3.8, 4) is 5.69 Å². The Morgan fingerprint density at radius 2 is 1.52 bits per heavy atom. The van der Waals surface area contributed by atoms with E-state index >= 15 is 0 Å². The van der Waals surface area contributed by atoms with Crippen molar-refractivity contribution in [3.05, 3.63) is 36.2 Å². The Morgan fingerprint density at radius 1 is 0.857 bits per heavy atom. The monoisotopic (exact) mass is 286 g/mol. The van der Waals surface area contributed by atoms with Crippen molar-refractivity contribution in [2.45, 2.75) is 64.7 Å². The highest BCUT2D eigenvalue weighted by molar-refractivity contribution is 5.30. The third kappa shape index (κ3) is 5.29. The van der Waals surface area contributed by atoms with E-state index < -0.39 is 0 Å². The maximum Gasteiger partial charge on any atom is 0.156 e. The minimum absolute atomic E-state index is 0.955. The molecule has 4 nitrogen and oxygen atoms in total. The zero-order valence-corrected chi connectivity index (χ0v) is 13.0. The average Bonchev–Trinajstić information content (AvgIpc) is 2.99. The molecule has 2 aromatic rings. The van der Waals surface area contributed by atoms with Crippen molar-refractivity contribution in [1.29, 1.82) is 0 Å². The molecule has 0 aliphatic carbocycles. The van der Waals surface area contributed by atoms with Gasteiger partial charge in [-0.2, -0.15) is 4.68 Å².